The van der Waals surface area contributed by atoms with Crippen molar-refractivity contribution < 1.29 is 14.7 Å². The Morgan fingerprint density at radius 1 is 1.04 bits per heavy atom. The van der Waals surface area contributed by atoms with E-state index in [1.807, 2.05) is 6.07 Å². The molecule has 0 saturated carbocycles. The van der Waals surface area contributed by atoms with E-state index >= 15 is 0 Å². The maximum Gasteiger partial charge on any atom is 0.270 e. The summed E-state index contributed by atoms with van der Waals surface area (Å²) in [7, 11) is 0. The van der Waals surface area contributed by atoms with Crippen molar-refractivity contribution in [1.82, 2.24) is 4.90 Å². The van der Waals surface area contributed by atoms with E-state index in [4.69, 9.17) is 12.2 Å². The summed E-state index contributed by atoms with van der Waals surface area (Å²) in [5.41, 5.74) is 1.09. The number of hydrogen-bond acceptors (Lipinski definition) is 4. The van der Waals surface area contributed by atoms with Gasteiger partial charge in [0, 0.05) is 6.54 Å². The molecule has 2 aromatic rings. The van der Waals surface area contributed by atoms with Crippen LogP contribution in [0, 0.1) is 0 Å². The first-order valence-corrected chi connectivity index (χ1v) is 8.30. The average Bonchev–Trinajstić information content (AvgIpc) is 2.63. The number of hydrogen-bond donors (Lipinski definition) is 1. The molecule has 0 aromatic heterocycles. The van der Waals surface area contributed by atoms with Gasteiger partial charge in [0.2, 0.25) is 0 Å². The van der Waals surface area contributed by atoms with E-state index in [1.165, 1.54) is 28.0 Å². The van der Waals surface area contributed by atoms with Crippen molar-refractivity contribution in [3.63, 3.8) is 0 Å². The lowest BCUT2D eigenvalue weighted by Crippen LogP contribution is -2.56. The number of carbonyl (C=O) groups is 2. The van der Waals surface area contributed by atoms with Crippen molar-refractivity contribution in [2.45, 2.75) is 0 Å². The highest BCUT2D eigenvalue weighted by Gasteiger charge is 2.39. The second-order valence-corrected chi connectivity index (χ2v) is 5.98. The Kier molecular flexibility index (Phi) is 4.95. The minimum Gasteiger partial charge on any atom is -0.508 e. The van der Waals surface area contributed by atoms with Gasteiger partial charge in [-0.1, -0.05) is 36.4 Å². The molecule has 0 radical (unpaired) electrons. The van der Waals surface area contributed by atoms with E-state index in [1.54, 1.807) is 42.5 Å². The molecule has 5 nitrogen and oxygen atoms in total. The number of para-hydroxylation sites is 1. The molecule has 1 fully saturated rings. The summed E-state index contributed by atoms with van der Waals surface area (Å²) in [6.45, 7) is 3.84. The first-order chi connectivity index (χ1) is 12.5. The summed E-state index contributed by atoms with van der Waals surface area (Å²) in [5, 5.41) is 9.74. The molecule has 0 spiro atoms. The molecule has 0 bridgehead atoms. The van der Waals surface area contributed by atoms with Gasteiger partial charge in [0.1, 0.15) is 11.3 Å². The van der Waals surface area contributed by atoms with Gasteiger partial charge in [-0.25, -0.2) is 0 Å². The van der Waals surface area contributed by atoms with Crippen LogP contribution in [-0.2, 0) is 9.59 Å². The predicted octanol–water partition coefficient (Wildman–Crippen LogP) is 3.12. The molecule has 2 amide bonds. The number of thiocarbonyl (C=S) groups is 1. The first-order valence-electron chi connectivity index (χ1n) is 7.90. The molecule has 1 aliphatic heterocycles. The number of phenolic OH excluding ortho intramolecular Hbond substituents is 1. The topological polar surface area (TPSA) is 60.9 Å². The summed E-state index contributed by atoms with van der Waals surface area (Å²) in [6, 6.07) is 15.2. The zero-order valence-corrected chi connectivity index (χ0v) is 14.6. The Bertz CT molecular complexity index is 922. The van der Waals surface area contributed by atoms with Gasteiger partial charge in [-0.3, -0.25) is 19.4 Å². The molecule has 3 rings (SSSR count). The molecule has 1 aliphatic rings. The normalized spacial score (nSPS) is 16.3. The van der Waals surface area contributed by atoms with Crippen molar-refractivity contribution in [2.24, 2.45) is 0 Å². The third kappa shape index (κ3) is 3.27. The Hall–Kier alpha value is -3.25. The monoisotopic (exact) mass is 364 g/mol. The van der Waals surface area contributed by atoms with E-state index in [-0.39, 0.29) is 23.0 Å². The summed E-state index contributed by atoms with van der Waals surface area (Å²) >= 11 is 5.38. The van der Waals surface area contributed by atoms with Crippen LogP contribution in [0.1, 0.15) is 5.56 Å². The van der Waals surface area contributed by atoms with Crippen LogP contribution in [0.2, 0.25) is 0 Å². The fourth-order valence-electron chi connectivity index (χ4n) is 2.65. The summed E-state index contributed by atoms with van der Waals surface area (Å²) in [5.74, 6) is -0.946. The summed E-state index contributed by atoms with van der Waals surface area (Å²) < 4.78 is 0. The van der Waals surface area contributed by atoms with Crippen molar-refractivity contribution in [1.29, 1.82) is 0 Å². The molecule has 0 unspecified atom stereocenters. The number of anilines is 1. The molecular weight excluding hydrogens is 348 g/mol. The smallest absolute Gasteiger partial charge is 0.270 e. The second kappa shape index (κ2) is 7.33. The van der Waals surface area contributed by atoms with E-state index < -0.39 is 11.8 Å². The Morgan fingerprint density at radius 2 is 1.77 bits per heavy atom. The van der Waals surface area contributed by atoms with Crippen LogP contribution in [-0.4, -0.2) is 33.5 Å². The van der Waals surface area contributed by atoms with Gasteiger partial charge < -0.3 is 5.11 Å². The second-order valence-electron chi connectivity index (χ2n) is 5.62. The van der Waals surface area contributed by atoms with Gasteiger partial charge >= 0.3 is 0 Å². The van der Waals surface area contributed by atoms with Crippen LogP contribution in [0.3, 0.4) is 0 Å². The number of amides is 2. The largest absolute Gasteiger partial charge is 0.508 e. The van der Waals surface area contributed by atoms with Crippen LogP contribution in [0.25, 0.3) is 6.08 Å². The van der Waals surface area contributed by atoms with E-state index in [2.05, 4.69) is 6.58 Å². The van der Waals surface area contributed by atoms with Crippen molar-refractivity contribution in [2.75, 3.05) is 11.4 Å². The van der Waals surface area contributed by atoms with Crippen LogP contribution < -0.4 is 4.90 Å². The minimum absolute atomic E-state index is 0.0325. The van der Waals surface area contributed by atoms with E-state index in [0.717, 1.165) is 0 Å². The quantitative estimate of drug-likeness (QED) is 0.392. The zero-order chi connectivity index (χ0) is 18.7. The highest BCUT2D eigenvalue weighted by Crippen LogP contribution is 2.26. The Labute approximate surface area is 156 Å². The SMILES string of the molecule is C=CCN1C(=O)/C(=C\c2cccc(O)c2)C(=O)N(c2ccccc2)C1=S. The highest BCUT2D eigenvalue weighted by molar-refractivity contribution is 7.80. The van der Waals surface area contributed by atoms with Crippen molar-refractivity contribution in [3.8, 4) is 5.75 Å². The molecule has 1 heterocycles. The molecule has 130 valence electrons. The van der Waals surface area contributed by atoms with Gasteiger partial charge in [0.25, 0.3) is 11.8 Å². The molecule has 2 aromatic carbocycles. The summed E-state index contributed by atoms with van der Waals surface area (Å²) in [4.78, 5) is 28.5. The van der Waals surface area contributed by atoms with Gasteiger partial charge in [-0.15, -0.1) is 6.58 Å². The standard InChI is InChI=1S/C20H16N2O3S/c1-2-11-21-18(24)17(13-14-7-6-10-16(23)12-14)19(25)22(20(21)26)15-8-4-3-5-9-15/h2-10,12-13,23H,1,11H2/b17-13+. The van der Waals surface area contributed by atoms with E-state index in [9.17, 15) is 14.7 Å². The lowest BCUT2D eigenvalue weighted by atomic mass is 10.1. The molecule has 0 aliphatic carbocycles. The first kappa shape index (κ1) is 17.6. The van der Waals surface area contributed by atoms with Crippen LogP contribution in [0.4, 0.5) is 5.69 Å². The van der Waals surface area contributed by atoms with Crippen LogP contribution in [0.15, 0.2) is 72.8 Å². The molecule has 1 N–H and O–H groups in total. The number of benzene rings is 2. The minimum atomic E-state index is -0.505. The third-order valence-corrected chi connectivity index (χ3v) is 4.24. The molecule has 26 heavy (non-hydrogen) atoms. The number of aromatic hydroxyl groups is 1. The number of carbonyl (C=O) groups excluding carboxylic acids is 2. The van der Waals surface area contributed by atoms with Crippen LogP contribution in [0.5, 0.6) is 5.75 Å². The predicted molar refractivity (Wildman–Crippen MR) is 105 cm³/mol. The summed E-state index contributed by atoms with van der Waals surface area (Å²) in [6.07, 6.45) is 3.01. The van der Waals surface area contributed by atoms with Gasteiger partial charge in [-0.05, 0) is 48.1 Å². The zero-order valence-electron chi connectivity index (χ0n) is 13.8. The van der Waals surface area contributed by atoms with E-state index in [0.29, 0.717) is 11.3 Å². The Balaban J connectivity index is 2.11. The maximum absolute atomic E-state index is 13.0. The fourth-order valence-corrected chi connectivity index (χ4v) is 3.00. The molecule has 6 heteroatoms. The Morgan fingerprint density at radius 3 is 2.42 bits per heavy atom. The number of rotatable bonds is 4. The maximum atomic E-state index is 13.0. The lowest BCUT2D eigenvalue weighted by molar-refractivity contribution is -0.127. The van der Waals surface area contributed by atoms with Gasteiger partial charge in [0.05, 0.1) is 5.69 Å². The van der Waals surface area contributed by atoms with Crippen molar-refractivity contribution in [3.05, 3.63) is 78.4 Å². The number of phenols is 1. The highest BCUT2D eigenvalue weighted by atomic mass is 32.1. The van der Waals surface area contributed by atoms with Gasteiger partial charge in [-0.2, -0.15) is 0 Å². The molecular formula is C20H16N2O3S. The van der Waals surface area contributed by atoms with Crippen molar-refractivity contribution >= 4 is 40.9 Å². The molecule has 0 atom stereocenters. The number of nitrogens with zero attached hydrogens (tertiary/aromatic N) is 2. The fraction of sp³-hybridized carbons (Fsp3) is 0.0500. The van der Waals surface area contributed by atoms with Gasteiger partial charge in [0.15, 0.2) is 5.11 Å². The molecule has 1 saturated heterocycles. The lowest BCUT2D eigenvalue weighted by Gasteiger charge is -2.36. The average molecular weight is 364 g/mol. The third-order valence-electron chi connectivity index (χ3n) is 3.84. The van der Waals surface area contributed by atoms with Crippen LogP contribution >= 0.6 is 12.2 Å².